The van der Waals surface area contributed by atoms with E-state index < -0.39 is 17.2 Å². The molecule has 30 heavy (non-hydrogen) atoms. The molecule has 0 aliphatic carbocycles. The molecule has 1 aliphatic rings. The quantitative estimate of drug-likeness (QED) is 0.468. The average molecular weight is 427 g/mol. The second kappa shape index (κ2) is 7.33. The zero-order chi connectivity index (χ0) is 20.8. The molecular weight excluding hydrogens is 409 g/mol. The van der Waals surface area contributed by atoms with Gasteiger partial charge in [-0.1, -0.05) is 12.1 Å². The highest BCUT2D eigenvalue weighted by Crippen LogP contribution is 2.32. The molecule has 0 spiro atoms. The van der Waals surface area contributed by atoms with Gasteiger partial charge in [0.15, 0.2) is 17.3 Å². The van der Waals surface area contributed by atoms with E-state index in [0.717, 1.165) is 10.2 Å². The van der Waals surface area contributed by atoms with E-state index in [1.807, 2.05) is 29.2 Å². The van der Waals surface area contributed by atoms with Crippen LogP contribution in [0.4, 0.5) is 10.2 Å². The molecule has 0 unspecified atom stereocenters. The number of rotatable bonds is 3. The van der Waals surface area contributed by atoms with Crippen LogP contribution in [0.5, 0.6) is 0 Å². The molecule has 7 nitrogen and oxygen atoms in total. The van der Waals surface area contributed by atoms with E-state index in [2.05, 4.69) is 4.98 Å². The number of halogens is 1. The highest BCUT2D eigenvalue weighted by atomic mass is 32.1. The molecule has 4 heterocycles. The number of esters is 1. The number of carbonyl (C=O) groups excluding carboxylic acids is 1. The summed E-state index contributed by atoms with van der Waals surface area (Å²) >= 11 is 1.31. The Bertz CT molecular complexity index is 1360. The Hall–Kier alpha value is -3.04. The van der Waals surface area contributed by atoms with Crippen LogP contribution in [-0.4, -0.2) is 48.3 Å². The Balaban J connectivity index is 1.91. The van der Waals surface area contributed by atoms with Crippen molar-refractivity contribution in [1.29, 1.82) is 0 Å². The maximum atomic E-state index is 15.0. The van der Waals surface area contributed by atoms with Gasteiger partial charge in [0.05, 0.1) is 35.4 Å². The molecule has 154 valence electrons. The topological polar surface area (TPSA) is 73.1 Å². The second-order valence-corrected chi connectivity index (χ2v) is 7.93. The van der Waals surface area contributed by atoms with Crippen molar-refractivity contribution >= 4 is 49.2 Å². The van der Waals surface area contributed by atoms with E-state index >= 15 is 0 Å². The van der Waals surface area contributed by atoms with Gasteiger partial charge in [0.1, 0.15) is 10.4 Å². The fraction of sp³-hybridized carbons (Fsp3) is 0.286. The third kappa shape index (κ3) is 2.85. The van der Waals surface area contributed by atoms with Crippen molar-refractivity contribution in [3.05, 3.63) is 51.9 Å². The number of hydrogen-bond acceptors (Lipinski definition) is 7. The van der Waals surface area contributed by atoms with E-state index in [1.54, 1.807) is 11.3 Å². The van der Waals surface area contributed by atoms with Gasteiger partial charge in [0.25, 0.3) is 0 Å². The van der Waals surface area contributed by atoms with Gasteiger partial charge >= 0.3 is 5.97 Å². The van der Waals surface area contributed by atoms with E-state index in [9.17, 15) is 14.0 Å². The SMILES string of the molecule is CCOC(=O)c1c(=O)c2cc(F)c(N3CCOCC3)nc2n2c1sc1ccccc12. The highest BCUT2D eigenvalue weighted by Gasteiger charge is 2.26. The lowest BCUT2D eigenvalue weighted by Gasteiger charge is -2.28. The smallest absolute Gasteiger partial charge is 0.345 e. The van der Waals surface area contributed by atoms with E-state index in [-0.39, 0.29) is 23.4 Å². The van der Waals surface area contributed by atoms with E-state index in [4.69, 9.17) is 9.47 Å². The van der Waals surface area contributed by atoms with Crippen molar-refractivity contribution in [3.63, 3.8) is 0 Å². The number of ether oxygens (including phenoxy) is 2. The monoisotopic (exact) mass is 427 g/mol. The third-order valence-corrected chi connectivity index (χ3v) is 6.29. The number of fused-ring (bicyclic) bond motifs is 5. The Morgan fingerprint density at radius 2 is 2.07 bits per heavy atom. The molecule has 0 amide bonds. The van der Waals surface area contributed by atoms with Gasteiger partial charge in [-0.2, -0.15) is 0 Å². The first kappa shape index (κ1) is 19.0. The van der Waals surface area contributed by atoms with Gasteiger partial charge in [-0.3, -0.25) is 9.20 Å². The van der Waals surface area contributed by atoms with Crippen LogP contribution in [0.2, 0.25) is 0 Å². The van der Waals surface area contributed by atoms with Gasteiger partial charge < -0.3 is 14.4 Å². The van der Waals surface area contributed by atoms with Crippen molar-refractivity contribution < 1.29 is 18.7 Å². The van der Waals surface area contributed by atoms with Gasteiger partial charge in [0.2, 0.25) is 5.43 Å². The fourth-order valence-electron chi connectivity index (χ4n) is 3.78. The number of hydrogen-bond donors (Lipinski definition) is 0. The predicted molar refractivity (Wildman–Crippen MR) is 113 cm³/mol. The normalized spacial score (nSPS) is 14.7. The lowest BCUT2D eigenvalue weighted by Crippen LogP contribution is -2.37. The Labute approximate surface area is 174 Å². The van der Waals surface area contributed by atoms with Gasteiger partial charge in [-0.25, -0.2) is 14.2 Å². The Morgan fingerprint density at radius 1 is 1.30 bits per heavy atom. The summed E-state index contributed by atoms with van der Waals surface area (Å²) in [7, 11) is 0. The number of nitrogens with zero attached hydrogens (tertiary/aromatic N) is 3. The van der Waals surface area contributed by atoms with Crippen LogP contribution >= 0.6 is 11.3 Å². The first-order valence-electron chi connectivity index (χ1n) is 9.66. The van der Waals surface area contributed by atoms with E-state index in [1.165, 1.54) is 17.4 Å². The Kier molecular flexibility index (Phi) is 4.63. The minimum atomic E-state index is -0.717. The van der Waals surface area contributed by atoms with Crippen molar-refractivity contribution in [2.75, 3.05) is 37.8 Å². The summed E-state index contributed by atoms with van der Waals surface area (Å²) in [5.74, 6) is -1.14. The van der Waals surface area contributed by atoms with Crippen molar-refractivity contribution in [2.45, 2.75) is 6.92 Å². The molecule has 3 aromatic heterocycles. The molecule has 0 radical (unpaired) electrons. The molecule has 5 rings (SSSR count). The van der Waals surface area contributed by atoms with Gasteiger partial charge in [0, 0.05) is 13.1 Å². The largest absolute Gasteiger partial charge is 0.462 e. The molecule has 1 saturated heterocycles. The second-order valence-electron chi connectivity index (χ2n) is 6.90. The van der Waals surface area contributed by atoms with Crippen LogP contribution in [0.3, 0.4) is 0 Å². The highest BCUT2D eigenvalue weighted by molar-refractivity contribution is 7.24. The summed E-state index contributed by atoms with van der Waals surface area (Å²) in [6.45, 7) is 3.80. The maximum Gasteiger partial charge on any atom is 0.345 e. The molecule has 9 heteroatoms. The summed E-state index contributed by atoms with van der Waals surface area (Å²) in [6, 6.07) is 8.72. The van der Waals surface area contributed by atoms with Crippen LogP contribution < -0.4 is 10.3 Å². The first-order chi connectivity index (χ1) is 14.6. The summed E-state index contributed by atoms with van der Waals surface area (Å²) in [6.07, 6.45) is 0. The summed E-state index contributed by atoms with van der Waals surface area (Å²) in [5, 5.41) is 0.0496. The number of anilines is 1. The maximum absolute atomic E-state index is 15.0. The van der Waals surface area contributed by atoms with Crippen LogP contribution in [0.1, 0.15) is 17.3 Å². The number of benzene rings is 1. The molecule has 1 aliphatic heterocycles. The summed E-state index contributed by atoms with van der Waals surface area (Å²) in [4.78, 5) is 32.7. The van der Waals surface area contributed by atoms with Gasteiger partial charge in [-0.15, -0.1) is 11.3 Å². The minimum Gasteiger partial charge on any atom is -0.462 e. The zero-order valence-corrected chi connectivity index (χ0v) is 17.0. The van der Waals surface area contributed by atoms with Gasteiger partial charge in [-0.05, 0) is 25.1 Å². The lowest BCUT2D eigenvalue weighted by molar-refractivity contribution is 0.0527. The Morgan fingerprint density at radius 3 is 2.83 bits per heavy atom. The van der Waals surface area contributed by atoms with E-state index in [0.29, 0.717) is 36.8 Å². The predicted octanol–water partition coefficient (Wildman–Crippen LogP) is 3.21. The molecule has 0 bridgehead atoms. The number of thiazole rings is 1. The number of para-hydroxylation sites is 1. The van der Waals surface area contributed by atoms with Crippen LogP contribution in [0.25, 0.3) is 26.1 Å². The average Bonchev–Trinajstić information content (AvgIpc) is 3.13. The third-order valence-electron chi connectivity index (χ3n) is 5.14. The standard InChI is InChI=1S/C21H18FN3O4S/c1-2-29-21(27)16-17(26)12-11-13(22)19(24-7-9-28-10-8-24)23-18(12)25-14-5-3-4-6-15(14)30-20(16)25/h3-6,11H,2,7-10H2,1H3. The molecule has 1 fully saturated rings. The molecule has 0 atom stereocenters. The van der Waals surface area contributed by atoms with Crippen molar-refractivity contribution in [1.82, 2.24) is 9.38 Å². The summed E-state index contributed by atoms with van der Waals surface area (Å²) < 4.78 is 28.1. The number of morpholine rings is 1. The lowest BCUT2D eigenvalue weighted by atomic mass is 10.1. The number of aromatic nitrogens is 2. The molecule has 4 aromatic rings. The first-order valence-corrected chi connectivity index (χ1v) is 10.5. The molecule has 1 aromatic carbocycles. The number of pyridine rings is 2. The van der Waals surface area contributed by atoms with Crippen LogP contribution in [-0.2, 0) is 9.47 Å². The van der Waals surface area contributed by atoms with Crippen molar-refractivity contribution in [3.8, 4) is 0 Å². The van der Waals surface area contributed by atoms with Crippen molar-refractivity contribution in [2.24, 2.45) is 0 Å². The minimum absolute atomic E-state index is 0.0496. The fourth-order valence-corrected chi connectivity index (χ4v) is 4.95. The summed E-state index contributed by atoms with van der Waals surface area (Å²) in [5.41, 5.74) is 0.448. The zero-order valence-electron chi connectivity index (χ0n) is 16.2. The van der Waals surface area contributed by atoms with Crippen LogP contribution in [0.15, 0.2) is 35.1 Å². The molecule has 0 saturated carbocycles. The number of carbonyl (C=O) groups is 1. The molecular formula is C21H18FN3O4S. The van der Waals surface area contributed by atoms with Crippen LogP contribution in [0, 0.1) is 5.82 Å². The molecule has 0 N–H and O–H groups in total.